The highest BCUT2D eigenvalue weighted by atomic mass is 16.2. The fourth-order valence-electron chi connectivity index (χ4n) is 3.60. The molecule has 100 valence electrons. The monoisotopic (exact) mass is 257 g/mol. The second kappa shape index (κ2) is 4.30. The van der Waals surface area contributed by atoms with Gasteiger partial charge in [0.2, 0.25) is 0 Å². The van der Waals surface area contributed by atoms with Gasteiger partial charge in [0.15, 0.2) is 0 Å². The van der Waals surface area contributed by atoms with Crippen LogP contribution in [0.5, 0.6) is 0 Å². The van der Waals surface area contributed by atoms with Crippen molar-refractivity contribution < 1.29 is 4.79 Å². The molecule has 1 amide bonds. The molecule has 3 heterocycles. The van der Waals surface area contributed by atoms with E-state index >= 15 is 0 Å². The largest absolute Gasteiger partial charge is 0.338 e. The maximum Gasteiger partial charge on any atom is 0.255 e. The minimum atomic E-state index is 0.153. The number of aromatic nitrogens is 1. The van der Waals surface area contributed by atoms with Crippen LogP contribution >= 0.6 is 0 Å². The molecule has 2 aliphatic heterocycles. The molecule has 0 bridgehead atoms. The Balaban J connectivity index is 1.42. The van der Waals surface area contributed by atoms with E-state index in [4.69, 9.17) is 0 Å². The highest BCUT2D eigenvalue weighted by Crippen LogP contribution is 2.38. The van der Waals surface area contributed by atoms with Crippen LogP contribution in [0, 0.1) is 11.8 Å². The third-order valence-corrected chi connectivity index (χ3v) is 4.77. The van der Waals surface area contributed by atoms with Gasteiger partial charge in [-0.2, -0.15) is 0 Å². The molecule has 4 rings (SSSR count). The van der Waals surface area contributed by atoms with E-state index in [0.29, 0.717) is 11.8 Å². The molecule has 0 radical (unpaired) electrons. The van der Waals surface area contributed by atoms with Crippen molar-refractivity contribution in [3.8, 4) is 0 Å². The summed E-state index contributed by atoms with van der Waals surface area (Å²) in [4.78, 5) is 21.1. The standard InChI is InChI=1S/C15H19N3O/c19-15(11-2-1-5-16-6-11)18-9-12-7-17(14-3-4-14)8-13(12)10-18/h1-2,5-6,12-14H,3-4,7-10H2. The lowest BCUT2D eigenvalue weighted by atomic mass is 10.0. The average molecular weight is 257 g/mol. The summed E-state index contributed by atoms with van der Waals surface area (Å²) < 4.78 is 0. The van der Waals surface area contributed by atoms with Crippen molar-refractivity contribution in [2.45, 2.75) is 18.9 Å². The Morgan fingerprint density at radius 3 is 2.47 bits per heavy atom. The zero-order valence-corrected chi connectivity index (χ0v) is 11.0. The SMILES string of the molecule is O=C(c1cccnc1)N1CC2CN(C3CC3)CC2C1. The fourth-order valence-corrected chi connectivity index (χ4v) is 3.60. The number of carbonyl (C=O) groups excluding carboxylic acids is 1. The van der Waals surface area contributed by atoms with Gasteiger partial charge in [-0.3, -0.25) is 14.7 Å². The molecule has 2 atom stereocenters. The van der Waals surface area contributed by atoms with E-state index < -0.39 is 0 Å². The fraction of sp³-hybridized carbons (Fsp3) is 0.600. The molecule has 1 aliphatic carbocycles. The second-order valence-electron chi connectivity index (χ2n) is 6.16. The van der Waals surface area contributed by atoms with Crippen molar-refractivity contribution in [1.29, 1.82) is 0 Å². The van der Waals surface area contributed by atoms with Crippen molar-refractivity contribution in [2.75, 3.05) is 26.2 Å². The Kier molecular flexibility index (Phi) is 2.58. The lowest BCUT2D eigenvalue weighted by Gasteiger charge is -2.21. The second-order valence-corrected chi connectivity index (χ2v) is 6.16. The number of pyridine rings is 1. The summed E-state index contributed by atoms with van der Waals surface area (Å²) in [5.41, 5.74) is 0.724. The summed E-state index contributed by atoms with van der Waals surface area (Å²) in [5, 5.41) is 0. The summed E-state index contributed by atoms with van der Waals surface area (Å²) in [6.07, 6.45) is 6.16. The lowest BCUT2D eigenvalue weighted by Crippen LogP contribution is -2.33. The summed E-state index contributed by atoms with van der Waals surface area (Å²) >= 11 is 0. The van der Waals surface area contributed by atoms with Crippen LogP contribution < -0.4 is 0 Å². The summed E-state index contributed by atoms with van der Waals surface area (Å²) in [6, 6.07) is 4.56. The molecular weight excluding hydrogens is 238 g/mol. The maximum atomic E-state index is 12.4. The predicted molar refractivity (Wildman–Crippen MR) is 71.7 cm³/mol. The summed E-state index contributed by atoms with van der Waals surface area (Å²) in [7, 11) is 0. The van der Waals surface area contributed by atoms with E-state index in [2.05, 4.69) is 9.88 Å². The molecule has 1 saturated carbocycles. The van der Waals surface area contributed by atoms with Gasteiger partial charge in [0.25, 0.3) is 5.91 Å². The predicted octanol–water partition coefficient (Wildman–Crippen LogP) is 1.25. The minimum absolute atomic E-state index is 0.153. The van der Waals surface area contributed by atoms with Gasteiger partial charge in [-0.1, -0.05) is 0 Å². The lowest BCUT2D eigenvalue weighted by molar-refractivity contribution is 0.0773. The molecule has 2 unspecified atom stereocenters. The number of amides is 1. The molecule has 0 spiro atoms. The highest BCUT2D eigenvalue weighted by molar-refractivity contribution is 5.94. The molecule has 0 aromatic carbocycles. The van der Waals surface area contributed by atoms with Crippen LogP contribution in [0.2, 0.25) is 0 Å². The number of carbonyl (C=O) groups is 1. The highest BCUT2D eigenvalue weighted by Gasteiger charge is 2.45. The van der Waals surface area contributed by atoms with Crippen LogP contribution in [-0.4, -0.2) is 52.9 Å². The van der Waals surface area contributed by atoms with Crippen molar-refractivity contribution in [3.05, 3.63) is 30.1 Å². The van der Waals surface area contributed by atoms with Crippen LogP contribution in [0.3, 0.4) is 0 Å². The summed E-state index contributed by atoms with van der Waals surface area (Å²) in [6.45, 7) is 4.27. The summed E-state index contributed by atoms with van der Waals surface area (Å²) in [5.74, 6) is 1.54. The molecule has 3 fully saturated rings. The van der Waals surface area contributed by atoms with E-state index in [9.17, 15) is 4.79 Å². The van der Waals surface area contributed by atoms with Gasteiger partial charge in [0, 0.05) is 44.6 Å². The normalized spacial score (nSPS) is 30.6. The number of rotatable bonds is 2. The Hall–Kier alpha value is -1.42. The molecule has 0 N–H and O–H groups in total. The van der Waals surface area contributed by atoms with Gasteiger partial charge in [-0.15, -0.1) is 0 Å². The Bertz CT molecular complexity index is 471. The Labute approximate surface area is 113 Å². The number of hydrogen-bond acceptors (Lipinski definition) is 3. The van der Waals surface area contributed by atoms with Crippen molar-refractivity contribution >= 4 is 5.91 Å². The zero-order valence-electron chi connectivity index (χ0n) is 11.0. The quantitative estimate of drug-likeness (QED) is 0.800. The van der Waals surface area contributed by atoms with E-state index in [1.807, 2.05) is 17.0 Å². The number of fused-ring (bicyclic) bond motifs is 1. The van der Waals surface area contributed by atoms with Crippen LogP contribution in [-0.2, 0) is 0 Å². The molecule has 19 heavy (non-hydrogen) atoms. The first-order valence-electron chi connectivity index (χ1n) is 7.24. The number of hydrogen-bond donors (Lipinski definition) is 0. The first-order chi connectivity index (χ1) is 9.31. The van der Waals surface area contributed by atoms with E-state index in [1.165, 1.54) is 25.9 Å². The van der Waals surface area contributed by atoms with Crippen LogP contribution in [0.1, 0.15) is 23.2 Å². The first-order valence-corrected chi connectivity index (χ1v) is 7.24. The van der Waals surface area contributed by atoms with Crippen molar-refractivity contribution in [1.82, 2.24) is 14.8 Å². The van der Waals surface area contributed by atoms with Crippen LogP contribution in [0.15, 0.2) is 24.5 Å². The zero-order chi connectivity index (χ0) is 12.8. The van der Waals surface area contributed by atoms with E-state index in [1.54, 1.807) is 12.4 Å². The Morgan fingerprint density at radius 2 is 1.89 bits per heavy atom. The minimum Gasteiger partial charge on any atom is -0.338 e. The smallest absolute Gasteiger partial charge is 0.255 e. The maximum absolute atomic E-state index is 12.4. The van der Waals surface area contributed by atoms with Gasteiger partial charge < -0.3 is 4.90 Å². The number of likely N-dealkylation sites (tertiary alicyclic amines) is 2. The van der Waals surface area contributed by atoms with E-state index in [0.717, 1.165) is 24.7 Å². The van der Waals surface area contributed by atoms with Crippen LogP contribution in [0.4, 0.5) is 0 Å². The number of nitrogens with zero attached hydrogens (tertiary/aromatic N) is 3. The van der Waals surface area contributed by atoms with Gasteiger partial charge >= 0.3 is 0 Å². The van der Waals surface area contributed by atoms with E-state index in [-0.39, 0.29) is 5.91 Å². The van der Waals surface area contributed by atoms with Gasteiger partial charge in [0.05, 0.1) is 5.56 Å². The van der Waals surface area contributed by atoms with Crippen molar-refractivity contribution in [3.63, 3.8) is 0 Å². The van der Waals surface area contributed by atoms with Crippen molar-refractivity contribution in [2.24, 2.45) is 11.8 Å². The molecule has 1 aromatic heterocycles. The van der Waals surface area contributed by atoms with Gasteiger partial charge in [-0.05, 0) is 36.8 Å². The average Bonchev–Trinajstić information content (AvgIpc) is 3.10. The molecule has 2 saturated heterocycles. The molecule has 3 aliphatic rings. The topological polar surface area (TPSA) is 36.4 Å². The first kappa shape index (κ1) is 11.4. The van der Waals surface area contributed by atoms with Gasteiger partial charge in [-0.25, -0.2) is 0 Å². The molecule has 4 heteroatoms. The molecule has 4 nitrogen and oxygen atoms in total. The van der Waals surface area contributed by atoms with Crippen LogP contribution in [0.25, 0.3) is 0 Å². The Morgan fingerprint density at radius 1 is 1.16 bits per heavy atom. The molecule has 1 aromatic rings. The van der Waals surface area contributed by atoms with Gasteiger partial charge in [0.1, 0.15) is 0 Å². The third kappa shape index (κ3) is 2.04. The third-order valence-electron chi connectivity index (χ3n) is 4.77. The molecular formula is C15H19N3O.